The van der Waals surface area contributed by atoms with E-state index >= 15 is 0 Å². The summed E-state index contributed by atoms with van der Waals surface area (Å²) < 4.78 is 9.99. The molecule has 0 aliphatic heterocycles. The number of aromatic nitrogens is 2. The highest BCUT2D eigenvalue weighted by Crippen LogP contribution is 2.10. The summed E-state index contributed by atoms with van der Waals surface area (Å²) in [5.74, 6) is 1.82. The molecule has 0 fully saturated rings. The molecule has 1 N–H and O–H groups in total. The Bertz CT molecular complexity index is 538. The molecule has 0 aliphatic carbocycles. The van der Waals surface area contributed by atoms with Gasteiger partial charge in [0.2, 0.25) is 5.88 Å². The van der Waals surface area contributed by atoms with Gasteiger partial charge in [-0.05, 0) is 35.9 Å². The summed E-state index contributed by atoms with van der Waals surface area (Å²) >= 11 is 0. The molecular formula is C13H14N4O2. The average molecular weight is 258 g/mol. The zero-order valence-corrected chi connectivity index (χ0v) is 10.7. The Hall–Kier alpha value is -2.63. The van der Waals surface area contributed by atoms with Crippen molar-refractivity contribution in [2.75, 3.05) is 19.6 Å². The van der Waals surface area contributed by atoms with E-state index in [1.165, 1.54) is 0 Å². The summed E-state index contributed by atoms with van der Waals surface area (Å²) in [5, 5.41) is 11.8. The van der Waals surface area contributed by atoms with Crippen LogP contribution in [0.5, 0.6) is 11.6 Å². The maximum absolute atomic E-state index is 5.07. The second-order valence-electron chi connectivity index (χ2n) is 3.60. The number of nitrogens with zero attached hydrogens (tertiary/aromatic N) is 3. The van der Waals surface area contributed by atoms with Crippen LogP contribution in [0.2, 0.25) is 0 Å². The van der Waals surface area contributed by atoms with E-state index in [0.29, 0.717) is 11.7 Å². The molecule has 0 radical (unpaired) electrons. The maximum atomic E-state index is 5.07. The quantitative estimate of drug-likeness (QED) is 0.655. The van der Waals surface area contributed by atoms with E-state index in [-0.39, 0.29) is 0 Å². The average Bonchev–Trinajstić information content (AvgIpc) is 2.49. The number of benzene rings is 1. The topological polar surface area (TPSA) is 68.6 Å². The molecule has 0 saturated carbocycles. The van der Waals surface area contributed by atoms with E-state index < -0.39 is 0 Å². The lowest BCUT2D eigenvalue weighted by Gasteiger charge is -2.00. The van der Waals surface area contributed by atoms with Crippen LogP contribution in [0.1, 0.15) is 5.56 Å². The van der Waals surface area contributed by atoms with E-state index in [1.807, 2.05) is 24.3 Å². The number of rotatable bonds is 5. The van der Waals surface area contributed by atoms with Crippen LogP contribution >= 0.6 is 0 Å². The molecule has 0 spiro atoms. The zero-order chi connectivity index (χ0) is 13.5. The highest BCUT2D eigenvalue weighted by molar-refractivity contribution is 5.80. The Labute approximate surface area is 111 Å². The second kappa shape index (κ2) is 6.34. The minimum atomic E-state index is 0.463. The molecule has 6 nitrogen and oxygen atoms in total. The Balaban J connectivity index is 1.94. The number of anilines is 1. The van der Waals surface area contributed by atoms with Crippen LogP contribution in [-0.4, -0.2) is 30.6 Å². The van der Waals surface area contributed by atoms with Crippen molar-refractivity contribution in [3.8, 4) is 11.6 Å². The fourth-order valence-electron chi connectivity index (χ4n) is 1.35. The lowest BCUT2D eigenvalue weighted by molar-refractivity contribution is 0.392. The molecule has 1 aromatic carbocycles. The maximum Gasteiger partial charge on any atom is 0.233 e. The molecule has 19 heavy (non-hydrogen) atoms. The minimum absolute atomic E-state index is 0.463. The molecule has 0 aliphatic rings. The first-order valence-electron chi connectivity index (χ1n) is 5.62. The van der Waals surface area contributed by atoms with Crippen molar-refractivity contribution in [3.63, 3.8) is 0 Å². The van der Waals surface area contributed by atoms with Gasteiger partial charge in [-0.1, -0.05) is 0 Å². The summed E-state index contributed by atoms with van der Waals surface area (Å²) in [5.41, 5.74) is 3.74. The molecule has 2 rings (SSSR count). The van der Waals surface area contributed by atoms with E-state index in [0.717, 1.165) is 11.3 Å². The van der Waals surface area contributed by atoms with E-state index in [9.17, 15) is 0 Å². The van der Waals surface area contributed by atoms with Crippen LogP contribution in [0.3, 0.4) is 0 Å². The number of methoxy groups -OCH3 is 2. The van der Waals surface area contributed by atoms with Crippen LogP contribution in [0.25, 0.3) is 0 Å². The highest BCUT2D eigenvalue weighted by Gasteiger charge is 1.95. The van der Waals surface area contributed by atoms with Crippen molar-refractivity contribution in [2.45, 2.75) is 0 Å². The molecule has 0 amide bonds. The van der Waals surface area contributed by atoms with Crippen molar-refractivity contribution in [2.24, 2.45) is 5.10 Å². The van der Waals surface area contributed by atoms with Crippen molar-refractivity contribution in [1.29, 1.82) is 0 Å². The van der Waals surface area contributed by atoms with Gasteiger partial charge in [-0.3, -0.25) is 5.43 Å². The molecule has 1 aromatic heterocycles. The van der Waals surface area contributed by atoms with Crippen molar-refractivity contribution >= 4 is 12.0 Å². The van der Waals surface area contributed by atoms with Crippen LogP contribution in [0.15, 0.2) is 41.5 Å². The van der Waals surface area contributed by atoms with Crippen molar-refractivity contribution in [3.05, 3.63) is 42.0 Å². The number of hydrazone groups is 1. The third-order valence-electron chi connectivity index (χ3n) is 2.36. The number of hydrogen-bond donors (Lipinski definition) is 1. The molecule has 0 atom stereocenters. The number of ether oxygens (including phenoxy) is 2. The van der Waals surface area contributed by atoms with Crippen LogP contribution in [0.4, 0.5) is 5.82 Å². The summed E-state index contributed by atoms with van der Waals surface area (Å²) in [7, 11) is 3.17. The number of nitrogens with one attached hydrogen (secondary N) is 1. The molecule has 98 valence electrons. The standard InChI is InChI=1S/C13H14N4O2/c1-18-11-5-3-10(4-6-11)9-14-15-12-7-8-13(19-2)17-16-12/h3-9H,1-2H3,(H,15,16)/b14-9+. The van der Waals surface area contributed by atoms with Gasteiger partial charge in [0.05, 0.1) is 20.4 Å². The Morgan fingerprint density at radius 1 is 1.00 bits per heavy atom. The van der Waals surface area contributed by atoms with Gasteiger partial charge in [0.25, 0.3) is 0 Å². The third kappa shape index (κ3) is 3.67. The van der Waals surface area contributed by atoms with E-state index in [2.05, 4.69) is 20.7 Å². The van der Waals surface area contributed by atoms with Gasteiger partial charge < -0.3 is 9.47 Å². The SMILES string of the molecule is COc1ccc(/C=N/Nc2ccc(OC)nn2)cc1. The van der Waals surface area contributed by atoms with Gasteiger partial charge >= 0.3 is 0 Å². The van der Waals surface area contributed by atoms with Gasteiger partial charge in [0.1, 0.15) is 5.75 Å². The fraction of sp³-hybridized carbons (Fsp3) is 0.154. The van der Waals surface area contributed by atoms with Gasteiger partial charge in [0.15, 0.2) is 5.82 Å². The van der Waals surface area contributed by atoms with Crippen molar-refractivity contribution < 1.29 is 9.47 Å². The molecular weight excluding hydrogens is 244 g/mol. The Morgan fingerprint density at radius 2 is 1.79 bits per heavy atom. The van der Waals surface area contributed by atoms with Gasteiger partial charge in [0, 0.05) is 6.07 Å². The molecule has 0 bridgehead atoms. The minimum Gasteiger partial charge on any atom is -0.497 e. The summed E-state index contributed by atoms with van der Waals surface area (Å²) in [6, 6.07) is 11.0. The van der Waals surface area contributed by atoms with Gasteiger partial charge in [-0.25, -0.2) is 0 Å². The third-order valence-corrected chi connectivity index (χ3v) is 2.36. The summed E-state index contributed by atoms with van der Waals surface area (Å²) in [6.45, 7) is 0. The molecule has 0 saturated heterocycles. The monoisotopic (exact) mass is 258 g/mol. The largest absolute Gasteiger partial charge is 0.497 e. The van der Waals surface area contributed by atoms with Crippen LogP contribution in [0, 0.1) is 0 Å². The zero-order valence-electron chi connectivity index (χ0n) is 10.7. The molecule has 1 heterocycles. The smallest absolute Gasteiger partial charge is 0.233 e. The Kier molecular flexibility index (Phi) is 4.28. The lowest BCUT2D eigenvalue weighted by Crippen LogP contribution is -1.96. The molecule has 2 aromatic rings. The Morgan fingerprint density at radius 3 is 2.37 bits per heavy atom. The normalized spacial score (nSPS) is 10.4. The number of hydrogen-bond acceptors (Lipinski definition) is 6. The van der Waals surface area contributed by atoms with Crippen LogP contribution in [-0.2, 0) is 0 Å². The van der Waals surface area contributed by atoms with E-state index in [1.54, 1.807) is 32.6 Å². The predicted octanol–water partition coefficient (Wildman–Crippen LogP) is 1.94. The van der Waals surface area contributed by atoms with E-state index in [4.69, 9.17) is 9.47 Å². The first-order chi connectivity index (χ1) is 9.31. The second-order valence-corrected chi connectivity index (χ2v) is 3.60. The van der Waals surface area contributed by atoms with Crippen LogP contribution < -0.4 is 14.9 Å². The van der Waals surface area contributed by atoms with Gasteiger partial charge in [-0.15, -0.1) is 10.2 Å². The van der Waals surface area contributed by atoms with Crippen molar-refractivity contribution in [1.82, 2.24) is 10.2 Å². The predicted molar refractivity (Wildman–Crippen MR) is 72.8 cm³/mol. The summed E-state index contributed by atoms with van der Waals surface area (Å²) in [6.07, 6.45) is 1.69. The molecule has 0 unspecified atom stereocenters. The molecule has 6 heteroatoms. The lowest BCUT2D eigenvalue weighted by atomic mass is 10.2. The fourth-order valence-corrected chi connectivity index (χ4v) is 1.35. The highest BCUT2D eigenvalue weighted by atomic mass is 16.5. The summed E-state index contributed by atoms with van der Waals surface area (Å²) in [4.78, 5) is 0. The first-order valence-corrected chi connectivity index (χ1v) is 5.62. The first kappa shape index (κ1) is 12.8. The van der Waals surface area contributed by atoms with Gasteiger partial charge in [-0.2, -0.15) is 5.10 Å².